The van der Waals surface area contributed by atoms with E-state index in [1.54, 1.807) is 6.07 Å². The first kappa shape index (κ1) is 24.3. The van der Waals surface area contributed by atoms with E-state index in [1.807, 2.05) is 60.9 Å². The lowest BCUT2D eigenvalue weighted by molar-refractivity contribution is 0.210. The third-order valence-corrected chi connectivity index (χ3v) is 7.92. The van der Waals surface area contributed by atoms with E-state index >= 15 is 0 Å². The van der Waals surface area contributed by atoms with Crippen LogP contribution < -0.4 is 15.0 Å². The molecule has 6 rings (SSSR count). The van der Waals surface area contributed by atoms with Crippen molar-refractivity contribution in [3.8, 4) is 11.4 Å². The molecule has 2 aromatic carbocycles. The van der Waals surface area contributed by atoms with Crippen LogP contribution in [0.2, 0.25) is 10.0 Å². The molecular formula is C29H26Cl2N4OS. The molecule has 8 heteroatoms. The second-order valence-electron chi connectivity index (χ2n) is 9.41. The molecule has 1 aliphatic heterocycles. The van der Waals surface area contributed by atoms with E-state index in [-0.39, 0.29) is 12.1 Å². The summed E-state index contributed by atoms with van der Waals surface area (Å²) in [6, 6.07) is 23.5. The highest BCUT2D eigenvalue weighted by molar-refractivity contribution is 7.80. The average molecular weight is 550 g/mol. The number of nitrogens with zero attached hydrogens (tertiary/aromatic N) is 3. The molecule has 5 nitrogen and oxygen atoms in total. The Morgan fingerprint density at radius 1 is 0.946 bits per heavy atom. The van der Waals surface area contributed by atoms with Gasteiger partial charge in [-0.3, -0.25) is 4.98 Å². The van der Waals surface area contributed by atoms with E-state index in [1.165, 1.54) is 12.8 Å². The molecule has 1 saturated heterocycles. The first-order chi connectivity index (χ1) is 18.1. The van der Waals surface area contributed by atoms with E-state index in [9.17, 15) is 0 Å². The van der Waals surface area contributed by atoms with Crippen molar-refractivity contribution >= 4 is 46.2 Å². The van der Waals surface area contributed by atoms with Crippen molar-refractivity contribution in [2.45, 2.75) is 43.9 Å². The van der Waals surface area contributed by atoms with Crippen LogP contribution in [0.15, 0.2) is 85.2 Å². The molecule has 2 aliphatic rings. The largest absolute Gasteiger partial charge is 0.490 e. The molecule has 0 radical (unpaired) electrons. The lowest BCUT2D eigenvalue weighted by Crippen LogP contribution is -2.30. The molecule has 1 saturated carbocycles. The van der Waals surface area contributed by atoms with Gasteiger partial charge >= 0.3 is 0 Å². The van der Waals surface area contributed by atoms with Gasteiger partial charge in [0.05, 0.1) is 28.5 Å². The van der Waals surface area contributed by atoms with Crippen LogP contribution in [0.4, 0.5) is 5.69 Å². The summed E-state index contributed by atoms with van der Waals surface area (Å²) >= 11 is 18.7. The number of hydrogen-bond donors (Lipinski definition) is 1. The maximum Gasteiger partial charge on any atom is 0.174 e. The Morgan fingerprint density at radius 2 is 1.76 bits per heavy atom. The number of rotatable bonds is 6. The third kappa shape index (κ3) is 4.81. The summed E-state index contributed by atoms with van der Waals surface area (Å²) in [7, 11) is 0. The molecule has 2 aromatic heterocycles. The van der Waals surface area contributed by atoms with E-state index in [2.05, 4.69) is 38.0 Å². The summed E-state index contributed by atoms with van der Waals surface area (Å²) in [6.07, 6.45) is 8.87. The number of thiocarbonyl (C=S) groups is 1. The second kappa shape index (κ2) is 10.4. The van der Waals surface area contributed by atoms with Gasteiger partial charge in [-0.15, -0.1) is 0 Å². The van der Waals surface area contributed by atoms with Crippen LogP contribution in [0.5, 0.6) is 5.75 Å². The van der Waals surface area contributed by atoms with Crippen molar-refractivity contribution in [3.05, 3.63) is 107 Å². The molecule has 0 bridgehead atoms. The SMILES string of the molecule is S=C1NC(c2ccccn2)C(c2cccn2-c2ccc(Cl)cc2Cl)N1c1ccc(OC2CCCC2)cc1. The number of anilines is 1. The predicted octanol–water partition coefficient (Wildman–Crippen LogP) is 7.68. The van der Waals surface area contributed by atoms with Gasteiger partial charge in [-0.25, -0.2) is 0 Å². The van der Waals surface area contributed by atoms with Crippen LogP contribution >= 0.6 is 35.4 Å². The highest BCUT2D eigenvalue weighted by Gasteiger charge is 2.42. The summed E-state index contributed by atoms with van der Waals surface area (Å²) in [6.45, 7) is 0. The van der Waals surface area contributed by atoms with Crippen molar-refractivity contribution in [1.29, 1.82) is 0 Å². The smallest absolute Gasteiger partial charge is 0.174 e. The topological polar surface area (TPSA) is 42.3 Å². The average Bonchev–Trinajstić information content (AvgIpc) is 3.66. The van der Waals surface area contributed by atoms with E-state index in [4.69, 9.17) is 40.2 Å². The van der Waals surface area contributed by atoms with Crippen molar-refractivity contribution in [2.75, 3.05) is 4.90 Å². The number of pyridine rings is 1. The molecule has 2 unspecified atom stereocenters. The van der Waals surface area contributed by atoms with Crippen LogP contribution in [0.3, 0.4) is 0 Å². The predicted molar refractivity (Wildman–Crippen MR) is 153 cm³/mol. The highest BCUT2D eigenvalue weighted by Crippen LogP contribution is 2.43. The van der Waals surface area contributed by atoms with Gasteiger partial charge in [0.25, 0.3) is 0 Å². The zero-order valence-corrected chi connectivity index (χ0v) is 22.4. The van der Waals surface area contributed by atoms with E-state index in [0.717, 1.165) is 41.4 Å². The van der Waals surface area contributed by atoms with Gasteiger partial charge in [0, 0.05) is 28.8 Å². The van der Waals surface area contributed by atoms with Gasteiger partial charge in [-0.1, -0.05) is 29.3 Å². The quantitative estimate of drug-likeness (QED) is 0.250. The Balaban J connectivity index is 1.41. The number of ether oxygens (including phenoxy) is 1. The molecule has 2 atom stereocenters. The maximum absolute atomic E-state index is 6.64. The molecule has 37 heavy (non-hydrogen) atoms. The Kier molecular flexibility index (Phi) is 6.80. The van der Waals surface area contributed by atoms with Crippen LogP contribution in [0.25, 0.3) is 5.69 Å². The minimum atomic E-state index is -0.175. The van der Waals surface area contributed by atoms with Crippen LogP contribution in [-0.2, 0) is 0 Å². The van der Waals surface area contributed by atoms with Gasteiger partial charge < -0.3 is 19.5 Å². The van der Waals surface area contributed by atoms with E-state index in [0.29, 0.717) is 21.3 Å². The highest BCUT2D eigenvalue weighted by atomic mass is 35.5. The third-order valence-electron chi connectivity index (χ3n) is 7.07. The standard InChI is InChI=1S/C29H26Cl2N4OS/c30-19-10-15-25(23(31)18-19)34-17-5-9-26(34)28-27(24-8-3-4-16-32-24)33-29(37)35(28)20-11-13-22(14-12-20)36-21-6-1-2-7-21/h3-5,8-18,21,27-28H,1-2,6-7H2,(H,33,37). The first-order valence-corrected chi connectivity index (χ1v) is 13.6. The lowest BCUT2D eigenvalue weighted by atomic mass is 10.0. The molecule has 188 valence electrons. The Bertz CT molecular complexity index is 1400. The molecule has 4 aromatic rings. The van der Waals surface area contributed by atoms with E-state index < -0.39 is 0 Å². The number of nitrogens with one attached hydrogen (secondary N) is 1. The van der Waals surface area contributed by atoms with Gasteiger partial charge in [0.15, 0.2) is 5.11 Å². The molecule has 0 amide bonds. The van der Waals surface area contributed by atoms with Crippen molar-refractivity contribution in [3.63, 3.8) is 0 Å². The van der Waals surface area contributed by atoms with Crippen molar-refractivity contribution < 1.29 is 4.74 Å². The molecule has 0 spiro atoms. The Labute approximate surface area is 232 Å². The normalized spacial score (nSPS) is 19.8. The fourth-order valence-electron chi connectivity index (χ4n) is 5.35. The summed E-state index contributed by atoms with van der Waals surface area (Å²) in [4.78, 5) is 6.82. The van der Waals surface area contributed by atoms with Crippen molar-refractivity contribution in [1.82, 2.24) is 14.9 Å². The summed E-state index contributed by atoms with van der Waals surface area (Å²) in [5, 5.41) is 5.34. The van der Waals surface area contributed by atoms with Gasteiger partial charge in [-0.05, 0) is 105 Å². The van der Waals surface area contributed by atoms with Crippen molar-refractivity contribution in [2.24, 2.45) is 0 Å². The summed E-state index contributed by atoms with van der Waals surface area (Å²) in [5.41, 5.74) is 3.77. The van der Waals surface area contributed by atoms with Gasteiger partial charge in [0.2, 0.25) is 0 Å². The number of hydrogen-bond acceptors (Lipinski definition) is 3. The maximum atomic E-state index is 6.64. The Morgan fingerprint density at radius 3 is 2.49 bits per heavy atom. The zero-order valence-electron chi connectivity index (χ0n) is 20.1. The second-order valence-corrected chi connectivity index (χ2v) is 10.6. The molecule has 1 aliphatic carbocycles. The number of aromatic nitrogens is 2. The minimum Gasteiger partial charge on any atom is -0.490 e. The summed E-state index contributed by atoms with van der Waals surface area (Å²) in [5.74, 6) is 0.892. The monoisotopic (exact) mass is 548 g/mol. The fourth-order valence-corrected chi connectivity index (χ4v) is 6.19. The van der Waals surface area contributed by atoms with Crippen LogP contribution in [0.1, 0.15) is 49.2 Å². The molecule has 3 heterocycles. The number of halogens is 2. The zero-order chi connectivity index (χ0) is 25.4. The number of benzene rings is 2. The Hall–Kier alpha value is -3.06. The molecular weight excluding hydrogens is 523 g/mol. The van der Waals surface area contributed by atoms with Gasteiger partial charge in [0.1, 0.15) is 11.8 Å². The molecule has 2 fully saturated rings. The first-order valence-electron chi connectivity index (χ1n) is 12.5. The van der Waals surface area contributed by atoms with Crippen LogP contribution in [0, 0.1) is 0 Å². The van der Waals surface area contributed by atoms with Gasteiger partial charge in [-0.2, -0.15) is 0 Å². The summed E-state index contributed by atoms with van der Waals surface area (Å²) < 4.78 is 8.30. The van der Waals surface area contributed by atoms with Crippen LogP contribution in [-0.4, -0.2) is 20.8 Å². The molecule has 1 N–H and O–H groups in total. The fraction of sp³-hybridized carbons (Fsp3) is 0.241. The minimum absolute atomic E-state index is 0.164. The lowest BCUT2D eigenvalue weighted by Gasteiger charge is -2.29.